The summed E-state index contributed by atoms with van der Waals surface area (Å²) in [4.78, 5) is 23.8. The predicted molar refractivity (Wildman–Crippen MR) is 84.7 cm³/mol. The zero-order chi connectivity index (χ0) is 14.9. The average molecular weight is 328 g/mol. The lowest BCUT2D eigenvalue weighted by molar-refractivity contribution is -0.122. The maximum atomic E-state index is 12.2. The molecule has 7 nitrogen and oxygen atoms in total. The predicted octanol–water partition coefficient (Wildman–Crippen LogP) is 0.793. The number of nitrogens with zero attached hydrogens (tertiary/aromatic N) is 2. The van der Waals surface area contributed by atoms with Gasteiger partial charge in [-0.15, -0.1) is 12.4 Å². The number of nitrogens with two attached hydrogens (primary N) is 1. The second kappa shape index (κ2) is 6.66. The maximum absolute atomic E-state index is 12.2. The molecule has 3 rings (SSSR count). The largest absolute Gasteiger partial charge is 0.352 e. The highest BCUT2D eigenvalue weighted by atomic mass is 35.5. The number of halogens is 1. The molecule has 8 heteroatoms. The van der Waals surface area contributed by atoms with Gasteiger partial charge in [0.2, 0.25) is 11.8 Å². The quantitative estimate of drug-likeness (QED) is 0.744. The molecule has 2 saturated carbocycles. The number of aromatic nitrogens is 2. The number of nitrogens with one attached hydrogen (secondary N) is 2. The Morgan fingerprint density at radius 3 is 2.68 bits per heavy atom. The molecule has 4 N–H and O–H groups in total. The van der Waals surface area contributed by atoms with E-state index in [1.165, 1.54) is 4.68 Å². The molecule has 2 aliphatic carbocycles. The minimum absolute atomic E-state index is 0. The van der Waals surface area contributed by atoms with Crippen molar-refractivity contribution in [1.82, 2.24) is 15.1 Å². The molecule has 0 aromatic carbocycles. The number of amides is 2. The van der Waals surface area contributed by atoms with E-state index in [0.29, 0.717) is 11.7 Å². The van der Waals surface area contributed by atoms with Crippen molar-refractivity contribution in [1.29, 1.82) is 0 Å². The van der Waals surface area contributed by atoms with Crippen molar-refractivity contribution in [2.24, 2.45) is 5.73 Å². The molecule has 2 fully saturated rings. The van der Waals surface area contributed by atoms with E-state index < -0.39 is 5.54 Å². The molecule has 0 atom stereocenters. The summed E-state index contributed by atoms with van der Waals surface area (Å²) >= 11 is 0. The van der Waals surface area contributed by atoms with Crippen molar-refractivity contribution < 1.29 is 9.59 Å². The monoisotopic (exact) mass is 327 g/mol. The van der Waals surface area contributed by atoms with Gasteiger partial charge in [-0.1, -0.05) is 12.8 Å². The summed E-state index contributed by atoms with van der Waals surface area (Å²) in [5, 5.41) is 9.77. The third-order valence-corrected chi connectivity index (χ3v) is 4.09. The molecule has 0 saturated heterocycles. The fourth-order valence-electron chi connectivity index (χ4n) is 2.65. The molecule has 22 heavy (non-hydrogen) atoms. The van der Waals surface area contributed by atoms with Crippen molar-refractivity contribution in [2.75, 3.05) is 5.32 Å². The minimum atomic E-state index is -0.758. The topological polar surface area (TPSA) is 102 Å². The third-order valence-electron chi connectivity index (χ3n) is 4.09. The van der Waals surface area contributed by atoms with Gasteiger partial charge in [0.05, 0.1) is 17.4 Å². The molecule has 0 aliphatic heterocycles. The average Bonchev–Trinajstić information content (AvgIpc) is 2.94. The van der Waals surface area contributed by atoms with Crippen LogP contribution in [0.5, 0.6) is 0 Å². The lowest BCUT2D eigenvalue weighted by Crippen LogP contribution is -2.48. The Morgan fingerprint density at radius 2 is 2.05 bits per heavy atom. The molecule has 1 aromatic rings. The van der Waals surface area contributed by atoms with Gasteiger partial charge in [-0.2, -0.15) is 5.10 Å². The van der Waals surface area contributed by atoms with Gasteiger partial charge in [-0.05, 0) is 25.7 Å². The van der Waals surface area contributed by atoms with Crippen LogP contribution >= 0.6 is 12.4 Å². The fourth-order valence-corrected chi connectivity index (χ4v) is 2.65. The summed E-state index contributed by atoms with van der Waals surface area (Å²) in [6, 6.07) is 0.340. The van der Waals surface area contributed by atoms with Gasteiger partial charge >= 0.3 is 0 Å². The van der Waals surface area contributed by atoms with Crippen LogP contribution in [0, 0.1) is 0 Å². The van der Waals surface area contributed by atoms with Gasteiger partial charge in [-0.3, -0.25) is 14.3 Å². The Bertz CT molecular complexity index is 549. The highest BCUT2D eigenvalue weighted by Crippen LogP contribution is 2.28. The Balaban J connectivity index is 0.00000176. The Hall–Kier alpha value is -1.60. The Labute approximate surface area is 135 Å². The van der Waals surface area contributed by atoms with E-state index >= 15 is 0 Å². The van der Waals surface area contributed by atoms with Crippen molar-refractivity contribution in [3.05, 3.63) is 12.4 Å². The second-order valence-corrected chi connectivity index (χ2v) is 6.09. The highest BCUT2D eigenvalue weighted by molar-refractivity contribution is 5.98. The number of carbonyl (C=O) groups is 2. The molecule has 2 aliphatic rings. The molecule has 122 valence electrons. The number of rotatable bonds is 5. The van der Waals surface area contributed by atoms with Crippen LogP contribution in [-0.2, 0) is 16.1 Å². The lowest BCUT2D eigenvalue weighted by Gasteiger charge is -2.21. The molecule has 0 radical (unpaired) electrons. The normalized spacial score (nSPS) is 19.3. The minimum Gasteiger partial charge on any atom is -0.352 e. The van der Waals surface area contributed by atoms with Crippen LogP contribution in [0.2, 0.25) is 0 Å². The molecule has 1 aromatic heterocycles. The first-order chi connectivity index (χ1) is 10.0. The van der Waals surface area contributed by atoms with E-state index in [1.807, 2.05) is 0 Å². The standard InChI is InChI=1S/C14H21N5O2.ClH/c15-14(5-1-2-6-14)13(21)18-11-7-16-19(8-11)9-12(20)17-10-3-4-10;/h7-8,10H,1-6,9,15H2,(H,17,20)(H,18,21);1H. The van der Waals surface area contributed by atoms with Crippen LogP contribution in [0.25, 0.3) is 0 Å². The first-order valence-electron chi connectivity index (χ1n) is 7.47. The van der Waals surface area contributed by atoms with E-state index in [2.05, 4.69) is 15.7 Å². The second-order valence-electron chi connectivity index (χ2n) is 6.09. The summed E-state index contributed by atoms with van der Waals surface area (Å²) in [5.41, 5.74) is 5.92. The molecule has 0 bridgehead atoms. The summed E-state index contributed by atoms with van der Waals surface area (Å²) in [6.45, 7) is 0.167. The number of hydrogen-bond acceptors (Lipinski definition) is 4. The van der Waals surface area contributed by atoms with Crippen LogP contribution in [0.4, 0.5) is 5.69 Å². The van der Waals surface area contributed by atoms with E-state index in [4.69, 9.17) is 5.73 Å². The van der Waals surface area contributed by atoms with Crippen molar-refractivity contribution >= 4 is 29.9 Å². The van der Waals surface area contributed by atoms with Gasteiger partial charge in [0.25, 0.3) is 0 Å². The van der Waals surface area contributed by atoms with Gasteiger partial charge in [-0.25, -0.2) is 0 Å². The molecule has 1 heterocycles. The van der Waals surface area contributed by atoms with E-state index in [-0.39, 0.29) is 30.8 Å². The number of anilines is 1. The van der Waals surface area contributed by atoms with Crippen molar-refractivity contribution in [2.45, 2.75) is 56.7 Å². The summed E-state index contributed by atoms with van der Waals surface area (Å²) < 4.78 is 1.52. The summed E-state index contributed by atoms with van der Waals surface area (Å²) in [7, 11) is 0. The van der Waals surface area contributed by atoms with Crippen LogP contribution in [0.3, 0.4) is 0 Å². The third kappa shape index (κ3) is 3.98. The first-order valence-corrected chi connectivity index (χ1v) is 7.47. The van der Waals surface area contributed by atoms with E-state index in [9.17, 15) is 9.59 Å². The Kier molecular flexibility index (Phi) is 5.08. The number of carbonyl (C=O) groups excluding carboxylic acids is 2. The molecule has 2 amide bonds. The number of hydrogen-bond donors (Lipinski definition) is 3. The molecular weight excluding hydrogens is 306 g/mol. The molecular formula is C14H22ClN5O2. The van der Waals surface area contributed by atoms with Crippen LogP contribution in [-0.4, -0.2) is 33.2 Å². The van der Waals surface area contributed by atoms with Gasteiger partial charge < -0.3 is 16.4 Å². The van der Waals surface area contributed by atoms with Gasteiger partial charge in [0.1, 0.15) is 6.54 Å². The SMILES string of the molecule is Cl.NC1(C(=O)Nc2cnn(CC(=O)NC3CC3)c2)CCCC1. The fraction of sp³-hybridized carbons (Fsp3) is 0.643. The van der Waals surface area contributed by atoms with Crippen molar-refractivity contribution in [3.63, 3.8) is 0 Å². The lowest BCUT2D eigenvalue weighted by atomic mass is 9.98. The molecule has 0 spiro atoms. The molecule has 0 unspecified atom stereocenters. The zero-order valence-corrected chi connectivity index (χ0v) is 13.2. The smallest absolute Gasteiger partial charge is 0.244 e. The summed E-state index contributed by atoms with van der Waals surface area (Å²) in [5.74, 6) is -0.216. The van der Waals surface area contributed by atoms with Crippen LogP contribution in [0.15, 0.2) is 12.4 Å². The first kappa shape index (κ1) is 16.8. The zero-order valence-electron chi connectivity index (χ0n) is 12.4. The maximum Gasteiger partial charge on any atom is 0.244 e. The van der Waals surface area contributed by atoms with E-state index in [1.54, 1.807) is 12.4 Å². The highest BCUT2D eigenvalue weighted by Gasteiger charge is 2.37. The van der Waals surface area contributed by atoms with Gasteiger partial charge in [0, 0.05) is 12.2 Å². The summed E-state index contributed by atoms with van der Waals surface area (Å²) in [6.07, 6.45) is 8.74. The van der Waals surface area contributed by atoms with Crippen LogP contribution in [0.1, 0.15) is 38.5 Å². The van der Waals surface area contributed by atoms with Gasteiger partial charge in [0.15, 0.2) is 0 Å². The Morgan fingerprint density at radius 1 is 1.36 bits per heavy atom. The van der Waals surface area contributed by atoms with Crippen LogP contribution < -0.4 is 16.4 Å². The van der Waals surface area contributed by atoms with E-state index in [0.717, 1.165) is 38.5 Å². The van der Waals surface area contributed by atoms with Crippen molar-refractivity contribution in [3.8, 4) is 0 Å².